The molecule has 0 aromatic rings. The van der Waals surface area contributed by atoms with Crippen molar-refractivity contribution in [3.8, 4) is 0 Å². The minimum Gasteiger partial charge on any atom is -0.337 e. The van der Waals surface area contributed by atoms with E-state index in [1.54, 1.807) is 4.90 Å². The van der Waals surface area contributed by atoms with Crippen LogP contribution < -0.4 is 5.32 Å². The highest BCUT2D eigenvalue weighted by Gasteiger charge is 2.35. The van der Waals surface area contributed by atoms with E-state index in [4.69, 9.17) is 0 Å². The van der Waals surface area contributed by atoms with Gasteiger partial charge in [0, 0.05) is 31.6 Å². The Morgan fingerprint density at radius 1 is 1.15 bits per heavy atom. The van der Waals surface area contributed by atoms with Crippen LogP contribution in [0.5, 0.6) is 0 Å². The highest BCUT2D eigenvalue weighted by atomic mass is 16.2. The van der Waals surface area contributed by atoms with Gasteiger partial charge in [-0.15, -0.1) is 0 Å². The maximum Gasteiger partial charge on any atom is 0.242 e. The van der Waals surface area contributed by atoms with Gasteiger partial charge >= 0.3 is 0 Å². The van der Waals surface area contributed by atoms with Crippen LogP contribution in [0.3, 0.4) is 0 Å². The lowest BCUT2D eigenvalue weighted by Gasteiger charge is -2.40. The number of carbonyl (C=O) groups excluding carboxylic acids is 2. The first-order valence-corrected chi connectivity index (χ1v) is 8.06. The molecule has 3 heterocycles. The van der Waals surface area contributed by atoms with E-state index in [1.165, 1.54) is 19.3 Å². The zero-order valence-corrected chi connectivity index (χ0v) is 12.1. The summed E-state index contributed by atoms with van der Waals surface area (Å²) in [7, 11) is 0. The number of piperidine rings is 1. The Labute approximate surface area is 120 Å². The van der Waals surface area contributed by atoms with Crippen molar-refractivity contribution < 1.29 is 9.59 Å². The first-order valence-electron chi connectivity index (χ1n) is 8.06. The molecule has 3 aliphatic heterocycles. The van der Waals surface area contributed by atoms with E-state index in [0.717, 1.165) is 38.9 Å². The number of nitrogens with zero attached hydrogens (tertiary/aromatic N) is 2. The molecule has 0 aromatic heterocycles. The molecule has 0 saturated carbocycles. The molecule has 2 amide bonds. The van der Waals surface area contributed by atoms with Gasteiger partial charge in [-0.25, -0.2) is 0 Å². The molecule has 3 aliphatic rings. The fraction of sp³-hybridized carbons (Fsp3) is 0.867. The highest BCUT2D eigenvalue weighted by molar-refractivity contribution is 5.86. The fourth-order valence-corrected chi connectivity index (χ4v) is 3.85. The van der Waals surface area contributed by atoms with Gasteiger partial charge in [-0.3, -0.25) is 9.59 Å². The number of amides is 2. The van der Waals surface area contributed by atoms with Crippen LogP contribution in [0.2, 0.25) is 0 Å². The summed E-state index contributed by atoms with van der Waals surface area (Å²) in [5.41, 5.74) is 0. The molecule has 2 atom stereocenters. The van der Waals surface area contributed by atoms with Crippen LogP contribution in [-0.4, -0.2) is 59.9 Å². The van der Waals surface area contributed by atoms with Crippen LogP contribution in [0.15, 0.2) is 0 Å². The van der Waals surface area contributed by atoms with Gasteiger partial charge in [-0.05, 0) is 45.1 Å². The molecule has 0 aromatic carbocycles. The van der Waals surface area contributed by atoms with Crippen molar-refractivity contribution in [3.05, 3.63) is 0 Å². The predicted octanol–water partition coefficient (Wildman–Crippen LogP) is 0.742. The van der Waals surface area contributed by atoms with Crippen LogP contribution in [-0.2, 0) is 9.59 Å². The Balaban J connectivity index is 1.62. The summed E-state index contributed by atoms with van der Waals surface area (Å²) in [6.45, 7) is 2.99. The summed E-state index contributed by atoms with van der Waals surface area (Å²) in [5, 5.41) is 3.54. The lowest BCUT2D eigenvalue weighted by molar-refractivity contribution is -0.141. The lowest BCUT2D eigenvalue weighted by atomic mass is 9.94. The third-order valence-corrected chi connectivity index (χ3v) is 4.93. The van der Waals surface area contributed by atoms with Crippen molar-refractivity contribution in [2.24, 2.45) is 0 Å². The van der Waals surface area contributed by atoms with E-state index in [2.05, 4.69) is 10.2 Å². The zero-order valence-electron chi connectivity index (χ0n) is 12.1. The number of hydrogen-bond acceptors (Lipinski definition) is 3. The zero-order chi connectivity index (χ0) is 13.9. The number of rotatable bonds is 3. The van der Waals surface area contributed by atoms with E-state index < -0.39 is 0 Å². The van der Waals surface area contributed by atoms with Crippen molar-refractivity contribution in [3.63, 3.8) is 0 Å². The van der Waals surface area contributed by atoms with Crippen LogP contribution in [0.4, 0.5) is 0 Å². The Bertz CT molecular complexity index is 379. The smallest absolute Gasteiger partial charge is 0.242 e. The SMILES string of the molecule is O=C1CCCN1CC(=O)N1CCCCC1C1CCCN1. The molecular weight excluding hydrogens is 254 g/mol. The van der Waals surface area contributed by atoms with E-state index in [0.29, 0.717) is 25.0 Å². The third kappa shape index (κ3) is 2.82. The molecule has 3 rings (SSSR count). The third-order valence-electron chi connectivity index (χ3n) is 4.93. The molecule has 0 spiro atoms. The largest absolute Gasteiger partial charge is 0.337 e. The minimum absolute atomic E-state index is 0.144. The summed E-state index contributed by atoms with van der Waals surface area (Å²) in [4.78, 5) is 28.0. The van der Waals surface area contributed by atoms with Gasteiger partial charge in [0.2, 0.25) is 11.8 Å². The number of carbonyl (C=O) groups is 2. The first-order chi connectivity index (χ1) is 9.75. The number of hydrogen-bond donors (Lipinski definition) is 1. The normalized spacial score (nSPS) is 31.1. The van der Waals surface area contributed by atoms with Crippen molar-refractivity contribution in [2.75, 3.05) is 26.2 Å². The monoisotopic (exact) mass is 279 g/mol. The molecule has 20 heavy (non-hydrogen) atoms. The van der Waals surface area contributed by atoms with Gasteiger partial charge in [0.15, 0.2) is 0 Å². The average Bonchev–Trinajstić information content (AvgIpc) is 3.11. The maximum atomic E-state index is 12.6. The summed E-state index contributed by atoms with van der Waals surface area (Å²) < 4.78 is 0. The van der Waals surface area contributed by atoms with Crippen molar-refractivity contribution in [1.82, 2.24) is 15.1 Å². The quantitative estimate of drug-likeness (QED) is 0.829. The molecule has 5 heteroatoms. The van der Waals surface area contributed by atoms with Gasteiger partial charge in [0.05, 0.1) is 6.54 Å². The van der Waals surface area contributed by atoms with Crippen LogP contribution in [0.25, 0.3) is 0 Å². The van der Waals surface area contributed by atoms with Gasteiger partial charge in [-0.2, -0.15) is 0 Å². The van der Waals surface area contributed by atoms with Gasteiger partial charge in [-0.1, -0.05) is 0 Å². The molecule has 3 fully saturated rings. The summed E-state index contributed by atoms with van der Waals surface area (Å²) >= 11 is 0. The lowest BCUT2D eigenvalue weighted by Crippen LogP contribution is -2.54. The van der Waals surface area contributed by atoms with E-state index in [-0.39, 0.29) is 11.8 Å². The Morgan fingerprint density at radius 2 is 2.05 bits per heavy atom. The van der Waals surface area contributed by atoms with Crippen LogP contribution >= 0.6 is 0 Å². The molecule has 5 nitrogen and oxygen atoms in total. The molecule has 0 aliphatic carbocycles. The Kier molecular flexibility index (Phi) is 4.24. The first kappa shape index (κ1) is 13.9. The second-order valence-corrected chi connectivity index (χ2v) is 6.27. The molecule has 112 valence electrons. The molecule has 0 radical (unpaired) electrons. The minimum atomic E-state index is 0.144. The van der Waals surface area contributed by atoms with Crippen molar-refractivity contribution in [1.29, 1.82) is 0 Å². The predicted molar refractivity (Wildman–Crippen MR) is 76.2 cm³/mol. The van der Waals surface area contributed by atoms with E-state index in [1.807, 2.05) is 0 Å². The summed E-state index contributed by atoms with van der Waals surface area (Å²) in [6, 6.07) is 0.810. The van der Waals surface area contributed by atoms with E-state index >= 15 is 0 Å². The Morgan fingerprint density at radius 3 is 2.75 bits per heavy atom. The summed E-state index contributed by atoms with van der Waals surface area (Å²) in [6.07, 6.45) is 7.33. The van der Waals surface area contributed by atoms with Crippen LogP contribution in [0, 0.1) is 0 Å². The number of nitrogens with one attached hydrogen (secondary N) is 1. The van der Waals surface area contributed by atoms with Crippen molar-refractivity contribution in [2.45, 2.75) is 57.0 Å². The average molecular weight is 279 g/mol. The van der Waals surface area contributed by atoms with Crippen molar-refractivity contribution >= 4 is 11.8 Å². The highest BCUT2D eigenvalue weighted by Crippen LogP contribution is 2.24. The standard InChI is InChI=1S/C15H25N3O2/c19-14-7-4-9-17(14)11-15(20)18-10-2-1-6-13(18)12-5-3-8-16-12/h12-13,16H,1-11H2. The van der Waals surface area contributed by atoms with E-state index in [9.17, 15) is 9.59 Å². The topological polar surface area (TPSA) is 52.7 Å². The van der Waals surface area contributed by atoms with Crippen LogP contribution in [0.1, 0.15) is 44.9 Å². The van der Waals surface area contributed by atoms with Gasteiger partial charge in [0.1, 0.15) is 0 Å². The molecule has 2 unspecified atom stereocenters. The van der Waals surface area contributed by atoms with Gasteiger partial charge in [0.25, 0.3) is 0 Å². The molecule has 3 saturated heterocycles. The molecule has 1 N–H and O–H groups in total. The second kappa shape index (κ2) is 6.12. The van der Waals surface area contributed by atoms with Gasteiger partial charge < -0.3 is 15.1 Å². The molecule has 0 bridgehead atoms. The second-order valence-electron chi connectivity index (χ2n) is 6.27. The maximum absolute atomic E-state index is 12.6. The number of likely N-dealkylation sites (tertiary alicyclic amines) is 2. The fourth-order valence-electron chi connectivity index (χ4n) is 3.85. The molecular formula is C15H25N3O2. The summed E-state index contributed by atoms with van der Waals surface area (Å²) in [5.74, 6) is 0.296. The Hall–Kier alpha value is -1.10.